The van der Waals surface area contributed by atoms with E-state index < -0.39 is 16.8 Å². The molecule has 0 spiro atoms. The Labute approximate surface area is 121 Å². The lowest BCUT2D eigenvalue weighted by atomic mass is 9.99. The van der Waals surface area contributed by atoms with Crippen LogP contribution in [0.4, 0.5) is 5.69 Å². The van der Waals surface area contributed by atoms with Gasteiger partial charge in [0.25, 0.3) is 11.6 Å². The molecule has 1 aliphatic rings. The van der Waals surface area contributed by atoms with Gasteiger partial charge in [-0.05, 0) is 24.5 Å². The number of hydrogen-bond donors (Lipinski definition) is 1. The third-order valence-electron chi connectivity index (χ3n) is 3.87. The number of nitrogens with zero attached hydrogens (tertiary/aromatic N) is 2. The van der Waals surface area contributed by atoms with Crippen molar-refractivity contribution in [2.75, 3.05) is 13.1 Å². The quantitative estimate of drug-likeness (QED) is 0.675. The fraction of sp³-hybridized carbons (Fsp3) is 0.429. The van der Waals surface area contributed by atoms with Gasteiger partial charge in [0.15, 0.2) is 0 Å². The molecule has 7 nitrogen and oxygen atoms in total. The summed E-state index contributed by atoms with van der Waals surface area (Å²) in [5.74, 6) is -1.85. The molecule has 1 saturated heterocycles. The van der Waals surface area contributed by atoms with Gasteiger partial charge in [0.05, 0.1) is 10.8 Å². The molecule has 0 radical (unpaired) electrons. The minimum atomic E-state index is -0.904. The van der Waals surface area contributed by atoms with E-state index in [0.717, 1.165) is 0 Å². The van der Waals surface area contributed by atoms with Crippen LogP contribution in [0.15, 0.2) is 18.2 Å². The van der Waals surface area contributed by atoms with Crippen LogP contribution >= 0.6 is 0 Å². The van der Waals surface area contributed by atoms with Gasteiger partial charge in [-0.1, -0.05) is 6.92 Å². The third kappa shape index (κ3) is 2.86. The first-order chi connectivity index (χ1) is 9.81. The monoisotopic (exact) mass is 292 g/mol. The molecule has 7 heteroatoms. The molecule has 1 heterocycles. The first-order valence-electron chi connectivity index (χ1n) is 6.58. The fourth-order valence-electron chi connectivity index (χ4n) is 2.63. The number of carbonyl (C=O) groups is 2. The Hall–Kier alpha value is -2.44. The molecule has 1 fully saturated rings. The topological polar surface area (TPSA) is 101 Å². The molecule has 1 N–H and O–H groups in total. The summed E-state index contributed by atoms with van der Waals surface area (Å²) in [5, 5.41) is 19.8. The number of amides is 1. The van der Waals surface area contributed by atoms with Gasteiger partial charge in [0, 0.05) is 30.8 Å². The maximum atomic E-state index is 12.4. The highest BCUT2D eigenvalue weighted by Gasteiger charge is 2.37. The predicted octanol–water partition coefficient (Wildman–Crippen LogP) is 1.70. The third-order valence-corrected chi connectivity index (χ3v) is 3.87. The Bertz CT molecular complexity index is 613. The number of nitro groups is 1. The number of non-ortho nitro benzene ring substituents is 1. The first kappa shape index (κ1) is 15.0. The van der Waals surface area contributed by atoms with Gasteiger partial charge in [-0.25, -0.2) is 0 Å². The molecule has 2 rings (SSSR count). The first-order valence-corrected chi connectivity index (χ1v) is 6.58. The minimum absolute atomic E-state index is 0.0674. The van der Waals surface area contributed by atoms with Gasteiger partial charge in [0.2, 0.25) is 0 Å². The van der Waals surface area contributed by atoms with Gasteiger partial charge < -0.3 is 10.0 Å². The molecule has 1 aliphatic heterocycles. The largest absolute Gasteiger partial charge is 0.481 e. The standard InChI is InChI=1S/C14H16N2O5/c1-8-5-10(16(20)21)3-4-11(8)13(17)15-6-9(2)12(7-15)14(18)19/h3-5,9,12H,6-7H2,1-2H3,(H,18,19)/t9-,12-/m1/s1. The van der Waals surface area contributed by atoms with Crippen molar-refractivity contribution in [2.45, 2.75) is 13.8 Å². The van der Waals surface area contributed by atoms with Crippen molar-refractivity contribution in [1.82, 2.24) is 4.90 Å². The van der Waals surface area contributed by atoms with Crippen molar-refractivity contribution < 1.29 is 19.6 Å². The van der Waals surface area contributed by atoms with E-state index in [-0.39, 0.29) is 24.1 Å². The number of aliphatic carboxylic acids is 1. The average Bonchev–Trinajstić information content (AvgIpc) is 2.80. The lowest BCUT2D eigenvalue weighted by Crippen LogP contribution is -2.30. The summed E-state index contributed by atoms with van der Waals surface area (Å²) in [6.07, 6.45) is 0. The average molecular weight is 292 g/mol. The van der Waals surface area contributed by atoms with Crippen LogP contribution in [0, 0.1) is 28.9 Å². The molecule has 1 amide bonds. The number of nitro benzene ring substituents is 1. The number of likely N-dealkylation sites (tertiary alicyclic amines) is 1. The summed E-state index contributed by atoms with van der Waals surface area (Å²) < 4.78 is 0. The lowest BCUT2D eigenvalue weighted by Gasteiger charge is -2.17. The number of carbonyl (C=O) groups excluding carboxylic acids is 1. The molecule has 0 aromatic heterocycles. The molecule has 0 aliphatic carbocycles. The van der Waals surface area contributed by atoms with Crippen LogP contribution in [0.3, 0.4) is 0 Å². The van der Waals surface area contributed by atoms with E-state index in [9.17, 15) is 19.7 Å². The molecule has 1 aromatic carbocycles. The van der Waals surface area contributed by atoms with Crippen LogP contribution in [0.5, 0.6) is 0 Å². The van der Waals surface area contributed by atoms with Crippen molar-refractivity contribution in [3.05, 3.63) is 39.4 Å². The maximum Gasteiger partial charge on any atom is 0.308 e. The van der Waals surface area contributed by atoms with Crippen LogP contribution in [-0.4, -0.2) is 39.9 Å². The molecule has 0 unspecified atom stereocenters. The predicted molar refractivity (Wildman–Crippen MR) is 74.0 cm³/mol. The van der Waals surface area contributed by atoms with Gasteiger partial charge >= 0.3 is 5.97 Å². The zero-order chi connectivity index (χ0) is 15.7. The number of carboxylic acids is 1. The number of hydrogen-bond acceptors (Lipinski definition) is 4. The van der Waals surface area contributed by atoms with Crippen LogP contribution in [0.2, 0.25) is 0 Å². The van der Waals surface area contributed by atoms with Crippen molar-refractivity contribution in [3.8, 4) is 0 Å². The number of aryl methyl sites for hydroxylation is 1. The highest BCUT2D eigenvalue weighted by atomic mass is 16.6. The smallest absolute Gasteiger partial charge is 0.308 e. The zero-order valence-corrected chi connectivity index (χ0v) is 11.8. The van der Waals surface area contributed by atoms with Crippen LogP contribution in [0.25, 0.3) is 0 Å². The minimum Gasteiger partial charge on any atom is -0.481 e. The Morgan fingerprint density at radius 2 is 2.05 bits per heavy atom. The van der Waals surface area contributed by atoms with Crippen LogP contribution in [-0.2, 0) is 4.79 Å². The van der Waals surface area contributed by atoms with Crippen LogP contribution in [0.1, 0.15) is 22.8 Å². The second-order valence-corrected chi connectivity index (χ2v) is 5.39. The zero-order valence-electron chi connectivity index (χ0n) is 11.8. The molecule has 112 valence electrons. The highest BCUT2D eigenvalue weighted by Crippen LogP contribution is 2.26. The van der Waals surface area contributed by atoms with E-state index in [1.165, 1.54) is 23.1 Å². The van der Waals surface area contributed by atoms with Crippen molar-refractivity contribution in [2.24, 2.45) is 11.8 Å². The summed E-state index contributed by atoms with van der Waals surface area (Å²) in [4.78, 5) is 35.2. The van der Waals surface area contributed by atoms with Crippen molar-refractivity contribution >= 4 is 17.6 Å². The number of benzene rings is 1. The van der Waals surface area contributed by atoms with Crippen LogP contribution < -0.4 is 0 Å². The van der Waals surface area contributed by atoms with Gasteiger partial charge in [-0.15, -0.1) is 0 Å². The second-order valence-electron chi connectivity index (χ2n) is 5.39. The molecule has 1 aromatic rings. The Morgan fingerprint density at radius 3 is 2.52 bits per heavy atom. The van der Waals surface area contributed by atoms with Gasteiger partial charge in [-0.2, -0.15) is 0 Å². The van der Waals surface area contributed by atoms with E-state index in [4.69, 9.17) is 5.11 Å². The van der Waals surface area contributed by atoms with Crippen molar-refractivity contribution in [1.29, 1.82) is 0 Å². The molecular formula is C14H16N2O5. The fourth-order valence-corrected chi connectivity index (χ4v) is 2.63. The summed E-state index contributed by atoms with van der Waals surface area (Å²) in [6.45, 7) is 3.99. The molecule has 0 saturated carbocycles. The van der Waals surface area contributed by atoms with E-state index in [1.54, 1.807) is 13.8 Å². The normalized spacial score (nSPS) is 21.3. The Morgan fingerprint density at radius 1 is 1.38 bits per heavy atom. The summed E-state index contributed by atoms with van der Waals surface area (Å²) in [6, 6.07) is 4.06. The molecule has 2 atom stereocenters. The maximum absolute atomic E-state index is 12.4. The highest BCUT2D eigenvalue weighted by molar-refractivity contribution is 5.96. The lowest BCUT2D eigenvalue weighted by molar-refractivity contribution is -0.384. The number of carboxylic acid groups (broad SMARTS) is 1. The van der Waals surface area contributed by atoms with E-state index in [2.05, 4.69) is 0 Å². The second kappa shape index (κ2) is 5.51. The Balaban J connectivity index is 2.22. The van der Waals surface area contributed by atoms with E-state index in [0.29, 0.717) is 17.7 Å². The molecular weight excluding hydrogens is 276 g/mol. The molecule has 0 bridgehead atoms. The summed E-state index contributed by atoms with van der Waals surface area (Å²) >= 11 is 0. The van der Waals surface area contributed by atoms with Gasteiger partial charge in [0.1, 0.15) is 0 Å². The van der Waals surface area contributed by atoms with Gasteiger partial charge in [-0.3, -0.25) is 19.7 Å². The number of rotatable bonds is 3. The van der Waals surface area contributed by atoms with Crippen molar-refractivity contribution in [3.63, 3.8) is 0 Å². The SMILES string of the molecule is Cc1cc([N+](=O)[O-])ccc1C(=O)N1C[C@@H](C)[C@H](C(=O)O)C1. The summed E-state index contributed by atoms with van der Waals surface area (Å²) in [7, 11) is 0. The Kier molecular flexibility index (Phi) is 3.93. The summed E-state index contributed by atoms with van der Waals surface area (Å²) in [5.41, 5.74) is 0.821. The van der Waals surface area contributed by atoms with E-state index >= 15 is 0 Å². The van der Waals surface area contributed by atoms with E-state index in [1.807, 2.05) is 0 Å². The molecule has 21 heavy (non-hydrogen) atoms.